The van der Waals surface area contributed by atoms with E-state index in [1.165, 1.54) is 4.90 Å². The van der Waals surface area contributed by atoms with Crippen molar-refractivity contribution in [2.75, 3.05) is 30.7 Å². The minimum atomic E-state index is -4.39. The predicted molar refractivity (Wildman–Crippen MR) is 108 cm³/mol. The zero-order valence-electron chi connectivity index (χ0n) is 17.1. The number of aromatic nitrogens is 5. The highest BCUT2D eigenvalue weighted by molar-refractivity contribution is 5.90. The number of rotatable bonds is 6. The Bertz CT molecular complexity index is 1100. The fourth-order valence-electron chi connectivity index (χ4n) is 3.17. The second kappa shape index (κ2) is 9.36. The van der Waals surface area contributed by atoms with E-state index >= 15 is 0 Å². The molecular weight excluding hydrogens is 445 g/mol. The van der Waals surface area contributed by atoms with Crippen LogP contribution >= 0.6 is 0 Å². The Balaban J connectivity index is 1.40. The van der Waals surface area contributed by atoms with Crippen LogP contribution in [0.5, 0.6) is 0 Å². The molecule has 1 fully saturated rings. The van der Waals surface area contributed by atoms with Crippen LogP contribution in [0.1, 0.15) is 23.5 Å². The minimum Gasteiger partial charge on any atom is -0.369 e. The number of nitrogens with two attached hydrogens (primary N) is 1. The number of amides is 1. The molecule has 0 bridgehead atoms. The van der Waals surface area contributed by atoms with Crippen LogP contribution in [0.4, 0.5) is 30.8 Å². The molecule has 1 amide bonds. The van der Waals surface area contributed by atoms with Crippen molar-refractivity contribution in [2.24, 2.45) is 0 Å². The van der Waals surface area contributed by atoms with Gasteiger partial charge < -0.3 is 25.2 Å². The SMILES string of the molecule is Nc1nc(Nc2ccccc2)nc(-c2noc(C(=O)N3CCC(OCC(F)(F)F)CC3)n2)n1. The summed E-state index contributed by atoms with van der Waals surface area (Å²) in [5.41, 5.74) is 6.48. The summed E-state index contributed by atoms with van der Waals surface area (Å²) < 4.78 is 46.8. The number of likely N-dealkylation sites (tertiary alicyclic amines) is 1. The molecule has 1 aromatic carbocycles. The number of nitrogens with zero attached hydrogens (tertiary/aromatic N) is 6. The Morgan fingerprint density at radius 2 is 1.85 bits per heavy atom. The lowest BCUT2D eigenvalue weighted by Gasteiger charge is -2.31. The van der Waals surface area contributed by atoms with Gasteiger partial charge in [0.15, 0.2) is 0 Å². The van der Waals surface area contributed by atoms with Crippen molar-refractivity contribution in [3.05, 3.63) is 36.2 Å². The van der Waals surface area contributed by atoms with Gasteiger partial charge in [0, 0.05) is 18.8 Å². The molecule has 1 aliphatic heterocycles. The fourth-order valence-corrected chi connectivity index (χ4v) is 3.17. The van der Waals surface area contributed by atoms with Gasteiger partial charge in [-0.05, 0) is 25.0 Å². The number of alkyl halides is 3. The zero-order valence-corrected chi connectivity index (χ0v) is 17.1. The summed E-state index contributed by atoms with van der Waals surface area (Å²) in [6.07, 6.45) is -4.43. The molecule has 1 aliphatic rings. The molecule has 174 valence electrons. The molecule has 33 heavy (non-hydrogen) atoms. The lowest BCUT2D eigenvalue weighted by atomic mass is 10.1. The molecule has 0 spiro atoms. The van der Waals surface area contributed by atoms with E-state index in [2.05, 4.69) is 30.4 Å². The van der Waals surface area contributed by atoms with Gasteiger partial charge in [0.1, 0.15) is 6.61 Å². The number of nitrogens with one attached hydrogen (secondary N) is 1. The maximum absolute atomic E-state index is 12.7. The van der Waals surface area contributed by atoms with Crippen LogP contribution in [0.15, 0.2) is 34.9 Å². The highest BCUT2D eigenvalue weighted by atomic mass is 19.4. The van der Waals surface area contributed by atoms with Crippen LogP contribution in [0.2, 0.25) is 0 Å². The van der Waals surface area contributed by atoms with E-state index in [0.717, 1.165) is 5.69 Å². The van der Waals surface area contributed by atoms with E-state index in [1.807, 2.05) is 30.3 Å². The van der Waals surface area contributed by atoms with Crippen molar-refractivity contribution >= 4 is 23.5 Å². The van der Waals surface area contributed by atoms with Crippen molar-refractivity contribution in [2.45, 2.75) is 25.1 Å². The monoisotopic (exact) mass is 464 g/mol. The average Bonchev–Trinajstić information content (AvgIpc) is 3.28. The number of hydrogen-bond donors (Lipinski definition) is 2. The summed E-state index contributed by atoms with van der Waals surface area (Å²) >= 11 is 0. The summed E-state index contributed by atoms with van der Waals surface area (Å²) in [7, 11) is 0. The number of carbonyl (C=O) groups excluding carboxylic acids is 1. The number of halogens is 3. The molecule has 0 atom stereocenters. The summed E-state index contributed by atoms with van der Waals surface area (Å²) in [6.45, 7) is -0.916. The maximum Gasteiger partial charge on any atom is 0.411 e. The molecule has 3 heterocycles. The molecule has 0 saturated carbocycles. The lowest BCUT2D eigenvalue weighted by Crippen LogP contribution is -2.41. The molecule has 1 saturated heterocycles. The van der Waals surface area contributed by atoms with E-state index in [1.54, 1.807) is 0 Å². The molecule has 14 heteroatoms. The zero-order chi connectivity index (χ0) is 23.4. The van der Waals surface area contributed by atoms with Crippen LogP contribution in [0.3, 0.4) is 0 Å². The Labute approximate surface area is 185 Å². The average molecular weight is 464 g/mol. The molecule has 3 N–H and O–H groups in total. The Kier molecular flexibility index (Phi) is 6.35. The Morgan fingerprint density at radius 1 is 1.12 bits per heavy atom. The standard InChI is InChI=1S/C19H19F3N8O3/c20-19(21,22)10-32-12-6-8-30(9-7-12)16(31)15-25-14(29-33-15)13-26-17(23)28-18(27-13)24-11-4-2-1-3-5-11/h1-5,12H,6-10H2,(H3,23,24,26,27,28). The Hall–Kier alpha value is -3.81. The van der Waals surface area contributed by atoms with Crippen molar-refractivity contribution in [3.63, 3.8) is 0 Å². The second-order valence-corrected chi connectivity index (χ2v) is 7.17. The van der Waals surface area contributed by atoms with E-state index in [-0.39, 0.29) is 55.4 Å². The second-order valence-electron chi connectivity index (χ2n) is 7.17. The molecule has 0 radical (unpaired) electrons. The largest absolute Gasteiger partial charge is 0.411 e. The van der Waals surface area contributed by atoms with Gasteiger partial charge in [-0.2, -0.15) is 33.1 Å². The smallest absolute Gasteiger partial charge is 0.369 e. The summed E-state index contributed by atoms with van der Waals surface area (Å²) in [4.78, 5) is 30.3. The van der Waals surface area contributed by atoms with Crippen molar-refractivity contribution in [1.29, 1.82) is 0 Å². The first-order valence-corrected chi connectivity index (χ1v) is 9.92. The predicted octanol–water partition coefficient (Wildman–Crippen LogP) is 2.43. The lowest BCUT2D eigenvalue weighted by molar-refractivity contribution is -0.188. The third-order valence-corrected chi connectivity index (χ3v) is 4.70. The van der Waals surface area contributed by atoms with Crippen molar-refractivity contribution in [1.82, 2.24) is 30.0 Å². The van der Waals surface area contributed by atoms with Crippen LogP contribution in [-0.2, 0) is 4.74 Å². The number of anilines is 3. The molecule has 2 aromatic heterocycles. The van der Waals surface area contributed by atoms with Crippen LogP contribution in [0, 0.1) is 0 Å². The third kappa shape index (κ3) is 5.91. The first-order valence-electron chi connectivity index (χ1n) is 9.92. The van der Waals surface area contributed by atoms with Gasteiger partial charge in [-0.3, -0.25) is 4.79 Å². The number of hydrogen-bond acceptors (Lipinski definition) is 10. The summed E-state index contributed by atoms with van der Waals surface area (Å²) in [5, 5.41) is 6.72. The highest BCUT2D eigenvalue weighted by Gasteiger charge is 2.32. The van der Waals surface area contributed by atoms with Gasteiger partial charge in [-0.15, -0.1) is 0 Å². The fraction of sp³-hybridized carbons (Fsp3) is 0.368. The summed E-state index contributed by atoms with van der Waals surface area (Å²) in [6, 6.07) is 9.13. The maximum atomic E-state index is 12.7. The number of para-hydroxylation sites is 1. The van der Waals surface area contributed by atoms with Gasteiger partial charge in [0.25, 0.3) is 0 Å². The Morgan fingerprint density at radius 3 is 2.55 bits per heavy atom. The van der Waals surface area contributed by atoms with E-state index in [0.29, 0.717) is 0 Å². The molecule has 11 nitrogen and oxygen atoms in total. The van der Waals surface area contributed by atoms with E-state index in [9.17, 15) is 18.0 Å². The summed E-state index contributed by atoms with van der Waals surface area (Å²) in [5.74, 6) is -0.835. The van der Waals surface area contributed by atoms with Gasteiger partial charge in [-0.25, -0.2) is 0 Å². The van der Waals surface area contributed by atoms with Crippen LogP contribution in [0.25, 0.3) is 11.6 Å². The van der Waals surface area contributed by atoms with Crippen molar-refractivity contribution in [3.8, 4) is 11.6 Å². The molecule has 3 aromatic rings. The van der Waals surface area contributed by atoms with Crippen LogP contribution < -0.4 is 11.1 Å². The van der Waals surface area contributed by atoms with Crippen LogP contribution in [-0.4, -0.2) is 67.9 Å². The normalized spacial score (nSPS) is 14.9. The molecule has 0 aliphatic carbocycles. The highest BCUT2D eigenvalue weighted by Crippen LogP contribution is 2.22. The van der Waals surface area contributed by atoms with E-state index < -0.39 is 24.8 Å². The quantitative estimate of drug-likeness (QED) is 0.558. The van der Waals surface area contributed by atoms with Crippen molar-refractivity contribution < 1.29 is 27.2 Å². The molecular formula is C19H19F3N8O3. The first kappa shape index (κ1) is 22.4. The van der Waals surface area contributed by atoms with Gasteiger partial charge in [0.2, 0.25) is 23.5 Å². The molecule has 0 unspecified atom stereocenters. The number of ether oxygens (including phenoxy) is 1. The third-order valence-electron chi connectivity index (χ3n) is 4.70. The number of piperidine rings is 1. The number of benzene rings is 1. The first-order chi connectivity index (χ1) is 15.8. The minimum absolute atomic E-state index is 0.00277. The number of nitrogen functional groups attached to an aromatic ring is 1. The molecule has 4 rings (SSSR count). The van der Waals surface area contributed by atoms with Gasteiger partial charge in [0.05, 0.1) is 6.10 Å². The topological polar surface area (TPSA) is 145 Å². The van der Waals surface area contributed by atoms with Gasteiger partial charge in [-0.1, -0.05) is 23.4 Å². The van der Waals surface area contributed by atoms with E-state index in [4.69, 9.17) is 15.0 Å². The number of carbonyl (C=O) groups is 1. The van der Waals surface area contributed by atoms with Gasteiger partial charge >= 0.3 is 18.0 Å².